The van der Waals surface area contributed by atoms with Crippen LogP contribution in [-0.4, -0.2) is 21.7 Å². The highest BCUT2D eigenvalue weighted by molar-refractivity contribution is 7.10. The molecule has 1 unspecified atom stereocenters. The first-order chi connectivity index (χ1) is 14.8. The van der Waals surface area contributed by atoms with E-state index >= 15 is 0 Å². The Morgan fingerprint density at radius 3 is 2.35 bits per heavy atom. The molecule has 2 heterocycles. The van der Waals surface area contributed by atoms with E-state index < -0.39 is 22.7 Å². The van der Waals surface area contributed by atoms with Gasteiger partial charge in [-0.25, -0.2) is 0 Å². The van der Waals surface area contributed by atoms with E-state index in [1.165, 1.54) is 40.5 Å². The number of aryl methyl sites for hydroxylation is 2. The number of Topliss-reactive ketones (excluding diaryl/α,β-unsaturated/α-hetero) is 1. The summed E-state index contributed by atoms with van der Waals surface area (Å²) in [4.78, 5) is 38.6. The summed E-state index contributed by atoms with van der Waals surface area (Å²) >= 11 is 1.37. The van der Waals surface area contributed by atoms with Gasteiger partial charge in [0.05, 0.1) is 10.5 Å². The number of benzene rings is 2. The number of rotatable bonds is 4. The molecule has 3 aromatic rings. The SMILES string of the molecule is Cc1ccc(N2C(=O)C(=O)/C(=C(\O)c3ccc([N+](=O)[O-])cc3)C2c2cccs2)cc1C. The maximum Gasteiger partial charge on any atom is 0.300 e. The van der Waals surface area contributed by atoms with E-state index in [1.807, 2.05) is 37.4 Å². The largest absolute Gasteiger partial charge is 0.507 e. The van der Waals surface area contributed by atoms with Gasteiger partial charge in [0.1, 0.15) is 11.8 Å². The van der Waals surface area contributed by atoms with Crippen molar-refractivity contribution < 1.29 is 19.6 Å². The number of hydrogen-bond acceptors (Lipinski definition) is 6. The van der Waals surface area contributed by atoms with Crippen LogP contribution in [0.5, 0.6) is 0 Å². The fourth-order valence-electron chi connectivity index (χ4n) is 3.59. The molecule has 31 heavy (non-hydrogen) atoms. The van der Waals surface area contributed by atoms with Crippen LogP contribution in [0.2, 0.25) is 0 Å². The lowest BCUT2D eigenvalue weighted by molar-refractivity contribution is -0.384. The second-order valence-electron chi connectivity index (χ2n) is 7.26. The van der Waals surface area contributed by atoms with Gasteiger partial charge in [-0.15, -0.1) is 11.3 Å². The molecule has 1 amide bonds. The number of nitro benzene ring substituents is 1. The van der Waals surface area contributed by atoms with Crippen molar-refractivity contribution >= 4 is 40.2 Å². The Morgan fingerprint density at radius 2 is 1.77 bits per heavy atom. The van der Waals surface area contributed by atoms with E-state index in [0.29, 0.717) is 5.69 Å². The monoisotopic (exact) mass is 434 g/mol. The van der Waals surface area contributed by atoms with Gasteiger partial charge in [0.15, 0.2) is 0 Å². The number of carbonyl (C=O) groups excluding carboxylic acids is 2. The van der Waals surface area contributed by atoms with Gasteiger partial charge < -0.3 is 5.11 Å². The zero-order chi connectivity index (χ0) is 22.3. The highest BCUT2D eigenvalue weighted by Gasteiger charge is 2.47. The second kappa shape index (κ2) is 7.81. The predicted molar refractivity (Wildman–Crippen MR) is 118 cm³/mol. The molecule has 0 aliphatic carbocycles. The summed E-state index contributed by atoms with van der Waals surface area (Å²) in [6.45, 7) is 3.88. The molecule has 7 nitrogen and oxygen atoms in total. The fraction of sp³-hybridized carbons (Fsp3) is 0.130. The maximum atomic E-state index is 13.0. The van der Waals surface area contributed by atoms with Crippen LogP contribution < -0.4 is 4.90 Å². The molecule has 1 N–H and O–H groups in total. The Balaban J connectivity index is 1.89. The predicted octanol–water partition coefficient (Wildman–Crippen LogP) is 4.90. The van der Waals surface area contributed by atoms with Gasteiger partial charge >= 0.3 is 0 Å². The highest BCUT2D eigenvalue weighted by Crippen LogP contribution is 2.43. The van der Waals surface area contributed by atoms with Gasteiger partial charge in [-0.3, -0.25) is 24.6 Å². The van der Waals surface area contributed by atoms with E-state index in [4.69, 9.17) is 0 Å². The molecule has 0 bridgehead atoms. The third kappa shape index (κ3) is 3.51. The molecule has 156 valence electrons. The quantitative estimate of drug-likeness (QED) is 0.207. The lowest BCUT2D eigenvalue weighted by Crippen LogP contribution is -2.29. The van der Waals surface area contributed by atoms with E-state index in [-0.39, 0.29) is 22.6 Å². The Hall–Kier alpha value is -3.78. The smallest absolute Gasteiger partial charge is 0.300 e. The number of amides is 1. The van der Waals surface area contributed by atoms with Crippen LogP contribution in [-0.2, 0) is 9.59 Å². The van der Waals surface area contributed by atoms with Crippen molar-refractivity contribution in [3.8, 4) is 0 Å². The van der Waals surface area contributed by atoms with Crippen molar-refractivity contribution in [2.45, 2.75) is 19.9 Å². The number of aliphatic hydroxyl groups is 1. The number of nitro groups is 1. The molecule has 1 fully saturated rings. The average Bonchev–Trinajstić information content (AvgIpc) is 3.37. The van der Waals surface area contributed by atoms with Gasteiger partial charge in [0.2, 0.25) is 0 Å². The number of non-ortho nitro benzene ring substituents is 1. The van der Waals surface area contributed by atoms with Crippen molar-refractivity contribution in [1.82, 2.24) is 0 Å². The molecular weight excluding hydrogens is 416 g/mol. The van der Waals surface area contributed by atoms with Crippen LogP contribution in [0.4, 0.5) is 11.4 Å². The second-order valence-corrected chi connectivity index (χ2v) is 8.24. The molecule has 1 aromatic heterocycles. The van der Waals surface area contributed by atoms with Crippen molar-refractivity contribution in [2.75, 3.05) is 4.90 Å². The van der Waals surface area contributed by atoms with Crippen LogP contribution >= 0.6 is 11.3 Å². The first-order valence-electron chi connectivity index (χ1n) is 9.46. The average molecular weight is 434 g/mol. The Bertz CT molecular complexity index is 1230. The Morgan fingerprint density at radius 1 is 1.06 bits per heavy atom. The van der Waals surface area contributed by atoms with Crippen molar-refractivity contribution in [3.05, 3.63) is 97.2 Å². The van der Waals surface area contributed by atoms with Crippen molar-refractivity contribution in [3.63, 3.8) is 0 Å². The topological polar surface area (TPSA) is 101 Å². The Labute approximate surface area is 182 Å². The molecule has 2 aromatic carbocycles. The van der Waals surface area contributed by atoms with Gasteiger partial charge in [-0.1, -0.05) is 12.1 Å². The molecule has 1 aliphatic heterocycles. The van der Waals surface area contributed by atoms with Gasteiger partial charge in [-0.2, -0.15) is 0 Å². The van der Waals surface area contributed by atoms with Gasteiger partial charge in [0.25, 0.3) is 17.4 Å². The molecule has 4 rings (SSSR count). The highest BCUT2D eigenvalue weighted by atomic mass is 32.1. The summed E-state index contributed by atoms with van der Waals surface area (Å²) in [5.74, 6) is -1.89. The number of nitrogens with zero attached hydrogens (tertiary/aromatic N) is 2. The molecular formula is C23H18N2O5S. The minimum atomic E-state index is -0.799. The first-order valence-corrected chi connectivity index (χ1v) is 10.3. The Kier molecular flexibility index (Phi) is 5.16. The summed E-state index contributed by atoms with van der Waals surface area (Å²) in [6, 6.07) is 13.5. The van der Waals surface area contributed by atoms with Crippen LogP contribution in [0.3, 0.4) is 0 Å². The summed E-state index contributed by atoms with van der Waals surface area (Å²) < 4.78 is 0. The zero-order valence-corrected chi connectivity index (χ0v) is 17.6. The summed E-state index contributed by atoms with van der Waals surface area (Å²) in [6.07, 6.45) is 0. The molecule has 0 saturated carbocycles. The minimum Gasteiger partial charge on any atom is -0.507 e. The third-order valence-electron chi connectivity index (χ3n) is 5.38. The molecule has 0 radical (unpaired) electrons. The molecule has 1 atom stereocenters. The van der Waals surface area contributed by atoms with E-state index in [9.17, 15) is 24.8 Å². The van der Waals surface area contributed by atoms with E-state index in [2.05, 4.69) is 0 Å². The summed E-state index contributed by atoms with van der Waals surface area (Å²) in [7, 11) is 0. The molecule has 1 aliphatic rings. The van der Waals surface area contributed by atoms with E-state index in [0.717, 1.165) is 16.0 Å². The number of thiophene rings is 1. The lowest BCUT2D eigenvalue weighted by Gasteiger charge is -2.24. The van der Waals surface area contributed by atoms with Crippen LogP contribution in [0, 0.1) is 24.0 Å². The van der Waals surface area contributed by atoms with E-state index in [1.54, 1.807) is 12.1 Å². The number of anilines is 1. The van der Waals surface area contributed by atoms with Gasteiger partial charge in [0, 0.05) is 28.3 Å². The number of carbonyl (C=O) groups is 2. The third-order valence-corrected chi connectivity index (χ3v) is 6.30. The normalized spacial score (nSPS) is 17.9. The van der Waals surface area contributed by atoms with Gasteiger partial charge in [-0.05, 0) is 60.7 Å². The van der Waals surface area contributed by atoms with Crippen LogP contribution in [0.1, 0.15) is 27.6 Å². The maximum absolute atomic E-state index is 13.0. The van der Waals surface area contributed by atoms with Crippen LogP contribution in [0.25, 0.3) is 5.76 Å². The summed E-state index contributed by atoms with van der Waals surface area (Å²) in [5, 5.41) is 23.7. The number of ketones is 1. The lowest BCUT2D eigenvalue weighted by atomic mass is 9.99. The molecule has 1 saturated heterocycles. The zero-order valence-electron chi connectivity index (χ0n) is 16.7. The fourth-order valence-corrected chi connectivity index (χ4v) is 4.41. The standard InChI is InChI=1S/C23H18N2O5S/c1-13-5-8-17(12-14(13)2)24-20(18-4-3-11-31-18)19(22(27)23(24)28)21(26)15-6-9-16(10-7-15)25(29)30/h3-12,20,26H,1-2H3/b21-19-. The minimum absolute atomic E-state index is 0.0421. The molecule has 0 spiro atoms. The van der Waals surface area contributed by atoms with Crippen molar-refractivity contribution in [2.24, 2.45) is 0 Å². The number of hydrogen-bond donors (Lipinski definition) is 1. The first kappa shape index (κ1) is 20.5. The van der Waals surface area contributed by atoms with Crippen molar-refractivity contribution in [1.29, 1.82) is 0 Å². The van der Waals surface area contributed by atoms with Crippen LogP contribution in [0.15, 0.2) is 65.6 Å². The summed E-state index contributed by atoms with van der Waals surface area (Å²) in [5.41, 5.74) is 2.64. The number of aliphatic hydroxyl groups excluding tert-OH is 1. The molecule has 8 heteroatoms.